The Kier molecular flexibility index (Phi) is 5.51. The van der Waals surface area contributed by atoms with Crippen LogP contribution in [0.15, 0.2) is 36.4 Å². The number of carbonyl (C=O) groups excluding carboxylic acids is 2. The Morgan fingerprint density at radius 2 is 1.75 bits per heavy atom. The molecule has 2 fully saturated rings. The predicted molar refractivity (Wildman–Crippen MR) is 107 cm³/mol. The number of hydrogen-bond donors (Lipinski definition) is 0. The highest BCUT2D eigenvalue weighted by Crippen LogP contribution is 2.35. The number of ether oxygens (including phenoxy) is 2. The highest BCUT2D eigenvalue weighted by Gasteiger charge is 2.35. The third-order valence-electron chi connectivity index (χ3n) is 6.21. The van der Waals surface area contributed by atoms with Gasteiger partial charge in [0.15, 0.2) is 6.61 Å². The number of likely N-dealkylation sites (tertiary alicyclic amines) is 1. The third kappa shape index (κ3) is 3.58. The molecule has 0 unspecified atom stereocenters. The Bertz CT molecular complexity index is 876. The van der Waals surface area contributed by atoms with Gasteiger partial charge in [0, 0.05) is 18.0 Å². The lowest BCUT2D eigenvalue weighted by Crippen LogP contribution is -2.50. The van der Waals surface area contributed by atoms with Crippen molar-refractivity contribution in [1.82, 2.24) is 4.90 Å². The molecule has 5 nitrogen and oxygen atoms in total. The maximum absolute atomic E-state index is 12.8. The Morgan fingerprint density at radius 1 is 1.00 bits per heavy atom. The number of fused-ring (bicyclic) bond motifs is 2. The minimum Gasteiger partial charge on any atom is -0.496 e. The minimum atomic E-state index is -0.468. The molecule has 28 heavy (non-hydrogen) atoms. The molecule has 1 amide bonds. The van der Waals surface area contributed by atoms with E-state index in [0.29, 0.717) is 23.3 Å². The molecular weight excluding hydrogens is 354 g/mol. The van der Waals surface area contributed by atoms with Crippen molar-refractivity contribution in [2.75, 3.05) is 20.3 Å². The van der Waals surface area contributed by atoms with Crippen LogP contribution < -0.4 is 4.74 Å². The summed E-state index contributed by atoms with van der Waals surface area (Å²) in [4.78, 5) is 27.4. The fourth-order valence-corrected chi connectivity index (χ4v) is 4.85. The molecule has 148 valence electrons. The quantitative estimate of drug-likeness (QED) is 0.746. The first-order valence-corrected chi connectivity index (χ1v) is 10.2. The van der Waals surface area contributed by atoms with Crippen LogP contribution in [-0.2, 0) is 9.53 Å². The van der Waals surface area contributed by atoms with E-state index in [0.717, 1.165) is 30.2 Å². The molecule has 1 aliphatic carbocycles. The van der Waals surface area contributed by atoms with Gasteiger partial charge in [0.2, 0.25) is 0 Å². The molecule has 4 rings (SSSR count). The molecule has 1 saturated carbocycles. The fraction of sp³-hybridized carbons (Fsp3) is 0.478. The lowest BCUT2D eigenvalue weighted by molar-refractivity contribution is -0.140. The van der Waals surface area contributed by atoms with E-state index < -0.39 is 5.97 Å². The van der Waals surface area contributed by atoms with E-state index in [-0.39, 0.29) is 12.5 Å². The van der Waals surface area contributed by atoms with Gasteiger partial charge in [0.1, 0.15) is 5.75 Å². The molecule has 0 bridgehead atoms. The van der Waals surface area contributed by atoms with Gasteiger partial charge in [-0.3, -0.25) is 4.79 Å². The molecule has 2 atom stereocenters. The van der Waals surface area contributed by atoms with Gasteiger partial charge in [-0.15, -0.1) is 0 Å². The summed E-state index contributed by atoms with van der Waals surface area (Å²) >= 11 is 0. The van der Waals surface area contributed by atoms with Crippen LogP contribution in [0.25, 0.3) is 10.8 Å². The number of methoxy groups -OCH3 is 1. The van der Waals surface area contributed by atoms with E-state index in [1.165, 1.54) is 25.7 Å². The molecule has 1 saturated heterocycles. The first-order valence-electron chi connectivity index (χ1n) is 10.2. The fourth-order valence-electron chi connectivity index (χ4n) is 4.85. The third-order valence-corrected chi connectivity index (χ3v) is 6.21. The number of nitrogens with zero attached hydrogens (tertiary/aromatic N) is 1. The molecule has 2 aliphatic rings. The van der Waals surface area contributed by atoms with Crippen molar-refractivity contribution in [2.45, 2.75) is 44.6 Å². The van der Waals surface area contributed by atoms with Gasteiger partial charge in [-0.2, -0.15) is 0 Å². The van der Waals surface area contributed by atoms with Crippen molar-refractivity contribution in [3.8, 4) is 5.75 Å². The Hall–Kier alpha value is -2.56. The van der Waals surface area contributed by atoms with E-state index in [4.69, 9.17) is 9.47 Å². The highest BCUT2D eigenvalue weighted by atomic mass is 16.5. The van der Waals surface area contributed by atoms with Gasteiger partial charge in [-0.25, -0.2) is 4.79 Å². The van der Waals surface area contributed by atoms with Crippen molar-refractivity contribution in [1.29, 1.82) is 0 Å². The zero-order valence-corrected chi connectivity index (χ0v) is 16.4. The number of benzene rings is 2. The number of hydrogen-bond acceptors (Lipinski definition) is 4. The lowest BCUT2D eigenvalue weighted by Gasteiger charge is -2.44. The van der Waals surface area contributed by atoms with Crippen LogP contribution >= 0.6 is 0 Å². The first-order chi connectivity index (χ1) is 13.7. The summed E-state index contributed by atoms with van der Waals surface area (Å²) in [5.74, 6) is 0.791. The molecule has 1 aliphatic heterocycles. The molecule has 0 N–H and O–H groups in total. The van der Waals surface area contributed by atoms with E-state index in [1.807, 2.05) is 29.2 Å². The van der Waals surface area contributed by atoms with Crippen LogP contribution in [-0.4, -0.2) is 43.1 Å². The monoisotopic (exact) mass is 381 g/mol. The van der Waals surface area contributed by atoms with Crippen molar-refractivity contribution in [3.63, 3.8) is 0 Å². The molecule has 0 radical (unpaired) electrons. The molecule has 2 aromatic rings. The summed E-state index contributed by atoms with van der Waals surface area (Å²) in [5.41, 5.74) is 0.457. The number of esters is 1. The average molecular weight is 381 g/mol. The second-order valence-corrected chi connectivity index (χ2v) is 7.78. The predicted octanol–water partition coefficient (Wildman–Crippen LogP) is 4.19. The van der Waals surface area contributed by atoms with E-state index in [9.17, 15) is 9.59 Å². The molecule has 0 spiro atoms. The number of rotatable bonds is 4. The number of carbonyl (C=O) groups is 2. The molecule has 2 aromatic carbocycles. The van der Waals surface area contributed by atoms with Gasteiger partial charge in [-0.05, 0) is 49.1 Å². The van der Waals surface area contributed by atoms with Gasteiger partial charge >= 0.3 is 5.97 Å². The maximum atomic E-state index is 12.8. The van der Waals surface area contributed by atoms with Gasteiger partial charge in [-0.1, -0.05) is 37.1 Å². The van der Waals surface area contributed by atoms with Crippen molar-refractivity contribution < 1.29 is 19.1 Å². The van der Waals surface area contributed by atoms with E-state index in [1.54, 1.807) is 19.2 Å². The second kappa shape index (κ2) is 8.21. The molecule has 0 aromatic heterocycles. The molecule has 1 heterocycles. The summed E-state index contributed by atoms with van der Waals surface area (Å²) < 4.78 is 10.8. The normalized spacial score (nSPS) is 21.8. The molecule has 5 heteroatoms. The highest BCUT2D eigenvalue weighted by molar-refractivity contribution is 6.06. The second-order valence-electron chi connectivity index (χ2n) is 7.78. The Balaban J connectivity index is 1.46. The van der Waals surface area contributed by atoms with Crippen molar-refractivity contribution in [3.05, 3.63) is 42.0 Å². The van der Waals surface area contributed by atoms with Crippen LogP contribution in [0, 0.1) is 5.92 Å². The summed E-state index contributed by atoms with van der Waals surface area (Å²) in [6.45, 7) is 0.589. The number of amides is 1. The zero-order valence-electron chi connectivity index (χ0n) is 16.4. The van der Waals surface area contributed by atoms with Crippen molar-refractivity contribution >= 4 is 22.6 Å². The van der Waals surface area contributed by atoms with Crippen molar-refractivity contribution in [2.24, 2.45) is 5.92 Å². The summed E-state index contributed by atoms with van der Waals surface area (Å²) in [6.07, 6.45) is 7.00. The SMILES string of the molecule is COc1ccc(C(=O)OCC(=O)N2CCC[C@@H]3CCCC[C@H]32)c2ccccc12. The minimum absolute atomic E-state index is 0.0669. The maximum Gasteiger partial charge on any atom is 0.339 e. The summed E-state index contributed by atoms with van der Waals surface area (Å²) in [5, 5.41) is 1.62. The van der Waals surface area contributed by atoms with Gasteiger partial charge in [0.25, 0.3) is 5.91 Å². The largest absolute Gasteiger partial charge is 0.496 e. The van der Waals surface area contributed by atoms with Crippen LogP contribution in [0.4, 0.5) is 0 Å². The van der Waals surface area contributed by atoms with Gasteiger partial charge in [0.05, 0.1) is 12.7 Å². The summed E-state index contributed by atoms with van der Waals surface area (Å²) in [6, 6.07) is 11.3. The first kappa shape index (κ1) is 18.8. The Morgan fingerprint density at radius 3 is 2.57 bits per heavy atom. The lowest BCUT2D eigenvalue weighted by atomic mass is 9.78. The van der Waals surface area contributed by atoms with Crippen LogP contribution in [0.2, 0.25) is 0 Å². The van der Waals surface area contributed by atoms with Crippen LogP contribution in [0.1, 0.15) is 48.9 Å². The van der Waals surface area contributed by atoms with E-state index >= 15 is 0 Å². The topological polar surface area (TPSA) is 55.8 Å². The van der Waals surface area contributed by atoms with Crippen LogP contribution in [0.5, 0.6) is 5.75 Å². The standard InChI is InChI=1S/C23H27NO4/c1-27-21-13-12-19(17-9-3-4-10-18(17)21)23(26)28-15-22(25)24-14-6-8-16-7-2-5-11-20(16)24/h3-4,9-10,12-13,16,20H,2,5-8,11,14-15H2,1H3/t16-,20+/m0/s1. The van der Waals surface area contributed by atoms with E-state index in [2.05, 4.69) is 0 Å². The average Bonchev–Trinajstić information content (AvgIpc) is 2.76. The molecular formula is C23H27NO4. The zero-order chi connectivity index (χ0) is 19.5. The van der Waals surface area contributed by atoms with Gasteiger partial charge < -0.3 is 14.4 Å². The number of piperidine rings is 1. The Labute approximate surface area is 165 Å². The van der Waals surface area contributed by atoms with Crippen LogP contribution in [0.3, 0.4) is 0 Å². The summed E-state index contributed by atoms with van der Waals surface area (Å²) in [7, 11) is 1.61. The smallest absolute Gasteiger partial charge is 0.339 e.